The number of amides is 1. The van der Waals surface area contributed by atoms with E-state index in [0.29, 0.717) is 36.6 Å². The molecule has 1 aliphatic carbocycles. The second kappa shape index (κ2) is 10.1. The minimum atomic E-state index is -0.274. The number of aliphatic hydroxyl groups is 1. The molecule has 200 valence electrons. The van der Waals surface area contributed by atoms with E-state index in [9.17, 15) is 9.90 Å². The van der Waals surface area contributed by atoms with Crippen molar-refractivity contribution in [3.05, 3.63) is 75.2 Å². The lowest BCUT2D eigenvalue weighted by molar-refractivity contribution is 0.0734. The van der Waals surface area contributed by atoms with Crippen LogP contribution in [0.3, 0.4) is 0 Å². The first-order chi connectivity index (χ1) is 19.1. The summed E-state index contributed by atoms with van der Waals surface area (Å²) in [7, 11) is 0. The summed E-state index contributed by atoms with van der Waals surface area (Å²) in [6.45, 7) is 2.50. The molecule has 1 fully saturated rings. The van der Waals surface area contributed by atoms with E-state index in [-0.39, 0.29) is 18.8 Å². The van der Waals surface area contributed by atoms with Crippen LogP contribution in [-0.2, 0) is 25.9 Å². The van der Waals surface area contributed by atoms with Gasteiger partial charge in [0, 0.05) is 30.6 Å². The van der Waals surface area contributed by atoms with E-state index in [0.717, 1.165) is 59.5 Å². The van der Waals surface area contributed by atoms with Gasteiger partial charge < -0.3 is 24.4 Å². The average molecular weight is 543 g/mol. The predicted octanol–water partition coefficient (Wildman–Crippen LogP) is 4.71. The minimum Gasteiger partial charge on any atom is -0.454 e. The molecule has 8 nitrogen and oxygen atoms in total. The lowest BCUT2D eigenvalue weighted by atomic mass is 10.0. The smallest absolute Gasteiger partial charge is 0.266 e. The summed E-state index contributed by atoms with van der Waals surface area (Å²) in [5, 5.41) is 11.3. The summed E-state index contributed by atoms with van der Waals surface area (Å²) in [6, 6.07) is 12.6. The number of aryl methyl sites for hydroxylation is 2. The molecular formula is C30H30N4O4S. The SMILES string of the molecule is O=C(c1cncs1)N(Cc1ccc2c(c1)OCO2)Cc1cc2cc3c(cc2nc1N1CCC(O)CC1)CCC3. The van der Waals surface area contributed by atoms with E-state index in [4.69, 9.17) is 14.5 Å². The Labute approximate surface area is 230 Å². The number of thiazole rings is 1. The van der Waals surface area contributed by atoms with Crippen LogP contribution >= 0.6 is 11.3 Å². The van der Waals surface area contributed by atoms with Gasteiger partial charge in [-0.25, -0.2) is 4.98 Å². The number of rotatable bonds is 6. The van der Waals surface area contributed by atoms with Crippen molar-refractivity contribution >= 4 is 34.0 Å². The van der Waals surface area contributed by atoms with E-state index in [2.05, 4.69) is 28.1 Å². The Morgan fingerprint density at radius 2 is 1.87 bits per heavy atom. The molecule has 4 heterocycles. The first-order valence-corrected chi connectivity index (χ1v) is 14.4. The Morgan fingerprint density at radius 3 is 2.69 bits per heavy atom. The number of piperidine rings is 1. The molecule has 0 unspecified atom stereocenters. The monoisotopic (exact) mass is 542 g/mol. The molecule has 1 saturated heterocycles. The highest BCUT2D eigenvalue weighted by atomic mass is 32.1. The zero-order valence-electron chi connectivity index (χ0n) is 21.6. The molecule has 1 amide bonds. The molecule has 9 heteroatoms. The summed E-state index contributed by atoms with van der Waals surface area (Å²) in [5.41, 5.74) is 7.46. The average Bonchev–Trinajstić information content (AvgIpc) is 3.73. The maximum atomic E-state index is 13.8. The summed E-state index contributed by atoms with van der Waals surface area (Å²) >= 11 is 1.35. The van der Waals surface area contributed by atoms with E-state index < -0.39 is 0 Å². The lowest BCUT2D eigenvalue weighted by Crippen LogP contribution is -2.38. The van der Waals surface area contributed by atoms with Crippen molar-refractivity contribution in [1.82, 2.24) is 14.9 Å². The molecule has 4 aromatic rings. The number of carbonyl (C=O) groups is 1. The Balaban J connectivity index is 1.28. The fraction of sp³-hybridized carbons (Fsp3) is 0.367. The number of hydrogen-bond donors (Lipinski definition) is 1. The van der Waals surface area contributed by atoms with Gasteiger partial charge in [0.15, 0.2) is 11.5 Å². The normalized spacial score (nSPS) is 16.6. The van der Waals surface area contributed by atoms with Gasteiger partial charge in [-0.15, -0.1) is 11.3 Å². The molecule has 0 atom stereocenters. The van der Waals surface area contributed by atoms with Gasteiger partial charge in [-0.05, 0) is 79.1 Å². The number of fused-ring (bicyclic) bond motifs is 3. The highest BCUT2D eigenvalue weighted by Gasteiger charge is 2.26. The molecule has 2 aromatic heterocycles. The van der Waals surface area contributed by atoms with Gasteiger partial charge in [-0.1, -0.05) is 6.07 Å². The van der Waals surface area contributed by atoms with E-state index in [1.54, 1.807) is 11.7 Å². The number of aromatic nitrogens is 2. The van der Waals surface area contributed by atoms with Crippen LogP contribution in [0.5, 0.6) is 11.5 Å². The van der Waals surface area contributed by atoms with Gasteiger partial charge in [0.1, 0.15) is 10.7 Å². The van der Waals surface area contributed by atoms with Gasteiger partial charge in [0.05, 0.1) is 29.9 Å². The fourth-order valence-corrected chi connectivity index (χ4v) is 6.48. The predicted molar refractivity (Wildman–Crippen MR) is 149 cm³/mol. The standard InChI is InChI=1S/C30H30N4O4S/c35-24-6-8-33(9-7-24)29-23(12-22-11-20-2-1-3-21(20)13-25(22)32-29)16-34(30(36)28-14-31-17-39-28)15-19-4-5-26-27(10-19)38-18-37-26/h4-5,10-14,17,24,35H,1-3,6-9,15-16,18H2. The maximum absolute atomic E-state index is 13.8. The van der Waals surface area contributed by atoms with Crippen molar-refractivity contribution in [2.24, 2.45) is 0 Å². The lowest BCUT2D eigenvalue weighted by Gasteiger charge is -2.33. The molecule has 2 aromatic carbocycles. The van der Waals surface area contributed by atoms with Crippen molar-refractivity contribution in [3.63, 3.8) is 0 Å². The number of ether oxygens (including phenoxy) is 2. The second-order valence-corrected chi connectivity index (χ2v) is 11.5. The van der Waals surface area contributed by atoms with Crippen LogP contribution in [0.1, 0.15) is 51.2 Å². The van der Waals surface area contributed by atoms with E-state index in [1.807, 2.05) is 23.1 Å². The molecule has 7 rings (SSSR count). The number of pyridine rings is 1. The molecule has 1 N–H and O–H groups in total. The summed E-state index contributed by atoms with van der Waals surface area (Å²) in [5.74, 6) is 2.26. The first kappa shape index (κ1) is 24.4. The third-order valence-corrected chi connectivity index (χ3v) is 8.71. The van der Waals surface area contributed by atoms with Crippen LogP contribution in [0.15, 0.2) is 48.1 Å². The van der Waals surface area contributed by atoms with Gasteiger partial charge in [-0.2, -0.15) is 0 Å². The quantitative estimate of drug-likeness (QED) is 0.378. The third kappa shape index (κ3) is 4.81. The van der Waals surface area contributed by atoms with Crippen molar-refractivity contribution in [2.75, 3.05) is 24.8 Å². The Kier molecular flexibility index (Phi) is 6.33. The molecule has 3 aliphatic rings. The Hall–Kier alpha value is -3.69. The van der Waals surface area contributed by atoms with Crippen molar-refractivity contribution < 1.29 is 19.4 Å². The molecule has 39 heavy (non-hydrogen) atoms. The van der Waals surface area contributed by atoms with Crippen LogP contribution in [-0.4, -0.2) is 51.9 Å². The zero-order valence-corrected chi connectivity index (χ0v) is 22.5. The summed E-state index contributed by atoms with van der Waals surface area (Å²) in [4.78, 5) is 27.8. The van der Waals surface area contributed by atoms with Crippen molar-refractivity contribution in [1.29, 1.82) is 0 Å². The van der Waals surface area contributed by atoms with E-state index in [1.165, 1.54) is 28.9 Å². The van der Waals surface area contributed by atoms with E-state index >= 15 is 0 Å². The van der Waals surface area contributed by atoms with Crippen LogP contribution < -0.4 is 14.4 Å². The second-order valence-electron chi connectivity index (χ2n) is 10.6. The fourth-order valence-electron chi connectivity index (χ4n) is 5.89. The largest absolute Gasteiger partial charge is 0.454 e. The number of carbonyl (C=O) groups excluding carboxylic acids is 1. The highest BCUT2D eigenvalue weighted by Crippen LogP contribution is 2.35. The first-order valence-electron chi connectivity index (χ1n) is 13.6. The molecular weight excluding hydrogens is 512 g/mol. The Morgan fingerprint density at radius 1 is 1.05 bits per heavy atom. The highest BCUT2D eigenvalue weighted by molar-refractivity contribution is 7.11. The molecule has 2 aliphatic heterocycles. The van der Waals surface area contributed by atoms with Crippen LogP contribution in [0.25, 0.3) is 10.9 Å². The number of anilines is 1. The molecule has 0 spiro atoms. The molecule has 0 radical (unpaired) electrons. The zero-order chi connectivity index (χ0) is 26.3. The number of benzene rings is 2. The topological polar surface area (TPSA) is 88.0 Å². The van der Waals surface area contributed by atoms with Crippen molar-refractivity contribution in [2.45, 2.75) is 51.3 Å². The van der Waals surface area contributed by atoms with Crippen LogP contribution in [0, 0.1) is 0 Å². The number of nitrogens with zero attached hydrogens (tertiary/aromatic N) is 4. The molecule has 0 bridgehead atoms. The third-order valence-electron chi connectivity index (χ3n) is 7.95. The van der Waals surface area contributed by atoms with Gasteiger partial charge in [0.25, 0.3) is 5.91 Å². The summed E-state index contributed by atoms with van der Waals surface area (Å²) in [6.07, 6.45) is 6.17. The van der Waals surface area contributed by atoms with Crippen molar-refractivity contribution in [3.8, 4) is 11.5 Å². The molecule has 0 saturated carbocycles. The van der Waals surface area contributed by atoms with Gasteiger partial charge >= 0.3 is 0 Å². The Bertz CT molecular complexity index is 1530. The minimum absolute atomic E-state index is 0.0655. The van der Waals surface area contributed by atoms with Crippen LogP contribution in [0.4, 0.5) is 5.82 Å². The van der Waals surface area contributed by atoms with Gasteiger partial charge in [0.2, 0.25) is 6.79 Å². The maximum Gasteiger partial charge on any atom is 0.266 e. The number of hydrogen-bond acceptors (Lipinski definition) is 8. The summed E-state index contributed by atoms with van der Waals surface area (Å²) < 4.78 is 11.1. The van der Waals surface area contributed by atoms with Crippen LogP contribution in [0.2, 0.25) is 0 Å². The number of aliphatic hydroxyl groups excluding tert-OH is 1. The van der Waals surface area contributed by atoms with Gasteiger partial charge in [-0.3, -0.25) is 9.78 Å².